The molecule has 0 aliphatic heterocycles. The maximum absolute atomic E-state index is 12.4. The average Bonchev–Trinajstić information content (AvgIpc) is 3.19. The predicted octanol–water partition coefficient (Wildman–Crippen LogP) is 4.57. The number of methoxy groups -OCH3 is 1. The highest BCUT2D eigenvalue weighted by molar-refractivity contribution is 9.10. The molecule has 3 heterocycles. The molecule has 0 aliphatic rings. The number of nitrogens with one attached hydrogen (secondary N) is 2. The summed E-state index contributed by atoms with van der Waals surface area (Å²) >= 11 is 3.36. The van der Waals surface area contributed by atoms with Gasteiger partial charge in [-0.15, -0.1) is 0 Å². The fraction of sp³-hybridized carbons (Fsp3) is 0.130. The molecule has 0 fully saturated rings. The fourth-order valence-corrected chi connectivity index (χ4v) is 3.61. The molecule has 4 aromatic rings. The Morgan fingerprint density at radius 2 is 1.78 bits per heavy atom. The molecule has 1 aromatic carbocycles. The molecule has 0 radical (unpaired) electrons. The van der Waals surface area contributed by atoms with Gasteiger partial charge in [-0.25, -0.2) is 15.0 Å². The minimum absolute atomic E-state index is 0.128. The SMILES string of the molecule is COc1ncc(NC(=O)Cc2ccc(-c3cnc(Nc4ccn(C)c4)nc3)cc2)cc1Br. The molecule has 2 N–H and O–H groups in total. The molecule has 0 spiro atoms. The smallest absolute Gasteiger partial charge is 0.228 e. The monoisotopic (exact) mass is 492 g/mol. The summed E-state index contributed by atoms with van der Waals surface area (Å²) in [5.41, 5.74) is 4.30. The minimum Gasteiger partial charge on any atom is -0.480 e. The highest BCUT2D eigenvalue weighted by Gasteiger charge is 2.08. The highest BCUT2D eigenvalue weighted by Crippen LogP contribution is 2.25. The number of amides is 1. The number of halogens is 1. The van der Waals surface area contributed by atoms with Crippen molar-refractivity contribution in [3.8, 4) is 17.0 Å². The second-order valence-electron chi connectivity index (χ2n) is 7.12. The van der Waals surface area contributed by atoms with Crippen LogP contribution >= 0.6 is 15.9 Å². The largest absolute Gasteiger partial charge is 0.480 e. The van der Waals surface area contributed by atoms with E-state index in [-0.39, 0.29) is 12.3 Å². The number of carbonyl (C=O) groups is 1. The van der Waals surface area contributed by atoms with Gasteiger partial charge in [0.05, 0.1) is 35.6 Å². The van der Waals surface area contributed by atoms with E-state index in [1.807, 2.05) is 54.3 Å². The standard InChI is InChI=1S/C23H21BrN6O2/c1-30-8-7-18(14-30)29-23-26-11-17(12-27-23)16-5-3-15(4-6-16)9-21(31)28-19-10-20(24)22(32-2)25-13-19/h3-8,10-14H,9H2,1-2H3,(H,28,31)(H,26,27,29). The number of pyridine rings is 1. The van der Waals surface area contributed by atoms with Crippen molar-refractivity contribution in [2.24, 2.45) is 7.05 Å². The number of hydrogen-bond donors (Lipinski definition) is 2. The molecule has 0 unspecified atom stereocenters. The van der Waals surface area contributed by atoms with Gasteiger partial charge >= 0.3 is 0 Å². The number of benzene rings is 1. The molecule has 162 valence electrons. The van der Waals surface area contributed by atoms with Gasteiger partial charge in [-0.05, 0) is 39.2 Å². The highest BCUT2D eigenvalue weighted by atomic mass is 79.9. The first kappa shape index (κ1) is 21.5. The van der Waals surface area contributed by atoms with Crippen molar-refractivity contribution in [3.05, 3.63) is 77.4 Å². The van der Waals surface area contributed by atoms with Crippen molar-refractivity contribution in [1.82, 2.24) is 19.5 Å². The van der Waals surface area contributed by atoms with E-state index in [0.717, 1.165) is 22.4 Å². The first-order valence-corrected chi connectivity index (χ1v) is 10.6. The van der Waals surface area contributed by atoms with E-state index in [1.165, 1.54) is 7.11 Å². The molecular weight excluding hydrogens is 472 g/mol. The van der Waals surface area contributed by atoms with Crippen LogP contribution in [0.25, 0.3) is 11.1 Å². The molecular formula is C23H21BrN6O2. The maximum atomic E-state index is 12.4. The van der Waals surface area contributed by atoms with E-state index in [1.54, 1.807) is 24.7 Å². The van der Waals surface area contributed by atoms with Gasteiger partial charge in [0.15, 0.2) is 0 Å². The zero-order valence-electron chi connectivity index (χ0n) is 17.5. The molecule has 0 saturated heterocycles. The lowest BCUT2D eigenvalue weighted by Gasteiger charge is -2.08. The molecule has 0 aliphatic carbocycles. The number of carbonyl (C=O) groups excluding carboxylic acids is 1. The summed E-state index contributed by atoms with van der Waals surface area (Å²) in [5, 5.41) is 6.00. The Morgan fingerprint density at radius 3 is 2.41 bits per heavy atom. The number of hydrogen-bond acceptors (Lipinski definition) is 6. The first-order valence-electron chi connectivity index (χ1n) is 9.80. The Bertz CT molecular complexity index is 1220. The lowest BCUT2D eigenvalue weighted by molar-refractivity contribution is -0.115. The maximum Gasteiger partial charge on any atom is 0.228 e. The van der Waals surface area contributed by atoms with E-state index in [4.69, 9.17) is 4.74 Å². The van der Waals surface area contributed by atoms with Crippen LogP contribution in [0.4, 0.5) is 17.3 Å². The first-order chi connectivity index (χ1) is 15.5. The Balaban J connectivity index is 1.36. The van der Waals surface area contributed by atoms with Crippen molar-refractivity contribution in [2.75, 3.05) is 17.7 Å². The normalized spacial score (nSPS) is 10.6. The Labute approximate surface area is 193 Å². The van der Waals surface area contributed by atoms with Crippen LogP contribution in [0.1, 0.15) is 5.56 Å². The fourth-order valence-electron chi connectivity index (χ4n) is 3.10. The van der Waals surface area contributed by atoms with Crippen LogP contribution in [0.15, 0.2) is 71.9 Å². The van der Waals surface area contributed by atoms with Crippen LogP contribution in [-0.2, 0) is 18.3 Å². The molecule has 4 rings (SSSR count). The van der Waals surface area contributed by atoms with E-state index in [2.05, 4.69) is 41.5 Å². The lowest BCUT2D eigenvalue weighted by Crippen LogP contribution is -2.14. The molecule has 1 amide bonds. The van der Waals surface area contributed by atoms with Crippen molar-refractivity contribution < 1.29 is 9.53 Å². The van der Waals surface area contributed by atoms with Crippen molar-refractivity contribution in [1.29, 1.82) is 0 Å². The van der Waals surface area contributed by atoms with Gasteiger partial charge in [-0.3, -0.25) is 4.79 Å². The third-order valence-corrected chi connectivity index (χ3v) is 5.24. The second kappa shape index (κ2) is 9.61. The molecule has 32 heavy (non-hydrogen) atoms. The van der Waals surface area contributed by atoms with Gasteiger partial charge in [0.1, 0.15) is 0 Å². The van der Waals surface area contributed by atoms with Crippen LogP contribution in [-0.4, -0.2) is 32.5 Å². The summed E-state index contributed by atoms with van der Waals surface area (Å²) in [4.78, 5) is 25.3. The van der Waals surface area contributed by atoms with Crippen LogP contribution in [0, 0.1) is 0 Å². The van der Waals surface area contributed by atoms with Crippen LogP contribution in [0.2, 0.25) is 0 Å². The quantitative estimate of drug-likeness (QED) is 0.392. The van der Waals surface area contributed by atoms with E-state index >= 15 is 0 Å². The van der Waals surface area contributed by atoms with Crippen molar-refractivity contribution in [3.63, 3.8) is 0 Å². The van der Waals surface area contributed by atoms with Crippen LogP contribution < -0.4 is 15.4 Å². The average molecular weight is 493 g/mol. The summed E-state index contributed by atoms with van der Waals surface area (Å²) in [6.45, 7) is 0. The number of ether oxygens (including phenoxy) is 1. The summed E-state index contributed by atoms with van der Waals surface area (Å²) in [6, 6.07) is 11.5. The molecule has 0 atom stereocenters. The molecule has 9 heteroatoms. The summed E-state index contributed by atoms with van der Waals surface area (Å²) in [6.07, 6.45) is 9.26. The zero-order chi connectivity index (χ0) is 22.5. The summed E-state index contributed by atoms with van der Waals surface area (Å²) in [5.74, 6) is 0.871. The Hall–Kier alpha value is -3.72. The zero-order valence-corrected chi connectivity index (χ0v) is 19.1. The number of rotatable bonds is 7. The molecule has 0 saturated carbocycles. The van der Waals surface area contributed by atoms with Crippen molar-refractivity contribution >= 4 is 39.2 Å². The Morgan fingerprint density at radius 1 is 1.03 bits per heavy atom. The second-order valence-corrected chi connectivity index (χ2v) is 7.98. The number of aromatic nitrogens is 4. The van der Waals surface area contributed by atoms with Gasteiger partial charge in [-0.1, -0.05) is 24.3 Å². The van der Waals surface area contributed by atoms with Gasteiger partial charge in [0.25, 0.3) is 0 Å². The third-order valence-electron chi connectivity index (χ3n) is 4.68. The molecule has 8 nitrogen and oxygen atoms in total. The summed E-state index contributed by atoms with van der Waals surface area (Å²) in [7, 11) is 3.49. The van der Waals surface area contributed by atoms with E-state index in [0.29, 0.717) is 22.0 Å². The number of aryl methyl sites for hydroxylation is 1. The van der Waals surface area contributed by atoms with Crippen molar-refractivity contribution in [2.45, 2.75) is 6.42 Å². The molecule has 0 bridgehead atoms. The Kier molecular flexibility index (Phi) is 6.46. The summed E-state index contributed by atoms with van der Waals surface area (Å²) < 4.78 is 7.72. The molecule has 3 aromatic heterocycles. The van der Waals surface area contributed by atoms with E-state index < -0.39 is 0 Å². The van der Waals surface area contributed by atoms with E-state index in [9.17, 15) is 4.79 Å². The number of anilines is 3. The van der Waals surface area contributed by atoms with Crippen LogP contribution in [0.5, 0.6) is 5.88 Å². The van der Waals surface area contributed by atoms with Gasteiger partial charge < -0.3 is 19.9 Å². The van der Waals surface area contributed by atoms with Gasteiger partial charge in [0.2, 0.25) is 17.7 Å². The predicted molar refractivity (Wildman–Crippen MR) is 127 cm³/mol. The lowest BCUT2D eigenvalue weighted by atomic mass is 10.1. The van der Waals surface area contributed by atoms with Crippen LogP contribution in [0.3, 0.4) is 0 Å². The minimum atomic E-state index is -0.128. The topological polar surface area (TPSA) is 94.0 Å². The number of nitrogens with zero attached hydrogens (tertiary/aromatic N) is 4. The third kappa shape index (κ3) is 5.30. The van der Waals surface area contributed by atoms with Gasteiger partial charge in [-0.2, -0.15) is 0 Å². The van der Waals surface area contributed by atoms with Gasteiger partial charge in [0, 0.05) is 37.4 Å².